The number of nitrogens with zero attached hydrogens (tertiary/aromatic N) is 1. The third-order valence-corrected chi connectivity index (χ3v) is 2.57. The Morgan fingerprint density at radius 2 is 2.38 bits per heavy atom. The highest BCUT2D eigenvalue weighted by Crippen LogP contribution is 2.22. The lowest BCUT2D eigenvalue weighted by Gasteiger charge is -1.99. The Balaban J connectivity index is 2.60. The van der Waals surface area contributed by atoms with E-state index in [1.807, 2.05) is 6.92 Å². The van der Waals surface area contributed by atoms with Gasteiger partial charge in [0, 0.05) is 13.3 Å². The molecule has 0 aliphatic carbocycles. The molecule has 0 spiro atoms. The lowest BCUT2D eigenvalue weighted by molar-refractivity contribution is 0.0849. The van der Waals surface area contributed by atoms with Gasteiger partial charge in [-0.2, -0.15) is 0 Å². The average molecular weight is 239 g/mol. The van der Waals surface area contributed by atoms with Crippen LogP contribution in [-0.4, -0.2) is 29.5 Å². The fourth-order valence-corrected chi connectivity index (χ4v) is 1.89. The first-order valence-corrected chi connectivity index (χ1v) is 5.17. The van der Waals surface area contributed by atoms with Gasteiger partial charge in [-0.3, -0.25) is 4.79 Å². The molecule has 0 bridgehead atoms. The molecule has 1 N–H and O–H groups in total. The van der Waals surface area contributed by atoms with Gasteiger partial charge in [0.05, 0.1) is 11.1 Å². The van der Waals surface area contributed by atoms with E-state index < -0.39 is 0 Å². The van der Waals surface area contributed by atoms with Crippen LogP contribution in [0.2, 0.25) is 5.15 Å². The van der Waals surface area contributed by atoms with Gasteiger partial charge in [0.1, 0.15) is 17.3 Å². The van der Waals surface area contributed by atoms with Crippen molar-refractivity contribution in [3.8, 4) is 0 Å². The Labute approximate surface area is 97.6 Å². The smallest absolute Gasteiger partial charge is 0.192 e. The highest BCUT2D eigenvalue weighted by molar-refractivity contribution is 6.30. The van der Waals surface area contributed by atoms with Crippen molar-refractivity contribution < 1.29 is 9.53 Å². The molecule has 2 rings (SSSR count). The van der Waals surface area contributed by atoms with Gasteiger partial charge in [-0.1, -0.05) is 11.6 Å². The normalized spacial score (nSPS) is 10.9. The monoisotopic (exact) mass is 238 g/mol. The van der Waals surface area contributed by atoms with E-state index in [2.05, 4.69) is 9.97 Å². The van der Waals surface area contributed by atoms with Crippen molar-refractivity contribution in [1.82, 2.24) is 9.97 Å². The van der Waals surface area contributed by atoms with Gasteiger partial charge in [-0.15, -0.1) is 0 Å². The molecule has 0 aromatic carbocycles. The summed E-state index contributed by atoms with van der Waals surface area (Å²) in [5, 5.41) is 0.385. The van der Waals surface area contributed by atoms with Crippen LogP contribution in [0.25, 0.3) is 11.0 Å². The predicted molar refractivity (Wildman–Crippen MR) is 62.0 cm³/mol. The number of aryl methyl sites for hydroxylation is 1. The minimum atomic E-state index is -0.108. The van der Waals surface area contributed by atoms with Crippen LogP contribution in [0.4, 0.5) is 0 Å². The number of nitrogens with one attached hydrogen (secondary N) is 1. The predicted octanol–water partition coefficient (Wildman–Crippen LogP) is 2.35. The number of hydrogen-bond donors (Lipinski definition) is 1. The van der Waals surface area contributed by atoms with Crippen molar-refractivity contribution in [3.63, 3.8) is 0 Å². The van der Waals surface area contributed by atoms with E-state index >= 15 is 0 Å². The highest BCUT2D eigenvalue weighted by Gasteiger charge is 2.14. The first kappa shape index (κ1) is 11.1. The van der Waals surface area contributed by atoms with Gasteiger partial charge < -0.3 is 9.72 Å². The van der Waals surface area contributed by atoms with Crippen molar-refractivity contribution in [2.24, 2.45) is 0 Å². The fraction of sp³-hybridized carbons (Fsp3) is 0.273. The number of H-pyrrole nitrogens is 1. The maximum absolute atomic E-state index is 11.7. The minimum Gasteiger partial charge on any atom is -0.377 e. The largest absolute Gasteiger partial charge is 0.377 e. The van der Waals surface area contributed by atoms with E-state index in [-0.39, 0.29) is 12.4 Å². The van der Waals surface area contributed by atoms with E-state index in [0.717, 1.165) is 11.1 Å². The quantitative estimate of drug-likeness (QED) is 0.660. The topological polar surface area (TPSA) is 55.0 Å². The van der Waals surface area contributed by atoms with E-state index in [0.29, 0.717) is 16.2 Å². The van der Waals surface area contributed by atoms with Crippen molar-refractivity contribution in [2.75, 3.05) is 13.7 Å². The summed E-state index contributed by atoms with van der Waals surface area (Å²) < 4.78 is 4.81. The maximum atomic E-state index is 11.7. The Hall–Kier alpha value is -1.39. The minimum absolute atomic E-state index is 0.0419. The van der Waals surface area contributed by atoms with Crippen LogP contribution >= 0.6 is 11.6 Å². The number of rotatable bonds is 3. The number of aromatic amines is 1. The number of aromatic nitrogens is 2. The summed E-state index contributed by atoms with van der Waals surface area (Å²) in [6.07, 6.45) is 1.64. The van der Waals surface area contributed by atoms with Crippen LogP contribution in [0, 0.1) is 6.92 Å². The molecule has 0 amide bonds. The SMILES string of the molecule is COCC(=O)c1c[nH]c2c(C)cc(Cl)nc12. The zero-order valence-electron chi connectivity index (χ0n) is 9.00. The second-order valence-electron chi connectivity index (χ2n) is 3.54. The van der Waals surface area contributed by atoms with Crippen LogP contribution in [-0.2, 0) is 4.74 Å². The average Bonchev–Trinajstić information content (AvgIpc) is 2.61. The Morgan fingerprint density at radius 3 is 3.06 bits per heavy atom. The van der Waals surface area contributed by atoms with Crippen molar-refractivity contribution >= 4 is 28.4 Å². The van der Waals surface area contributed by atoms with Gasteiger partial charge in [0.15, 0.2) is 5.78 Å². The zero-order valence-corrected chi connectivity index (χ0v) is 9.76. The Morgan fingerprint density at radius 1 is 1.62 bits per heavy atom. The number of methoxy groups -OCH3 is 1. The first-order chi connectivity index (χ1) is 7.63. The number of halogens is 1. The number of Topliss-reactive ketones (excluding diaryl/α,β-unsaturated/α-hetero) is 1. The van der Waals surface area contributed by atoms with Crippen LogP contribution in [0.5, 0.6) is 0 Å². The van der Waals surface area contributed by atoms with E-state index in [1.54, 1.807) is 12.3 Å². The lowest BCUT2D eigenvalue weighted by Crippen LogP contribution is -2.06. The number of ether oxygens (including phenoxy) is 1. The van der Waals surface area contributed by atoms with E-state index in [1.165, 1.54) is 7.11 Å². The molecule has 2 aromatic heterocycles. The molecule has 0 unspecified atom stereocenters. The van der Waals surface area contributed by atoms with E-state index in [4.69, 9.17) is 16.3 Å². The van der Waals surface area contributed by atoms with Gasteiger partial charge in [0.25, 0.3) is 0 Å². The van der Waals surface area contributed by atoms with Crippen LogP contribution in [0.3, 0.4) is 0 Å². The summed E-state index contributed by atoms with van der Waals surface area (Å²) in [7, 11) is 1.48. The molecule has 0 aliphatic rings. The summed E-state index contributed by atoms with van der Waals surface area (Å²) in [4.78, 5) is 18.9. The van der Waals surface area contributed by atoms with Crippen molar-refractivity contribution in [1.29, 1.82) is 0 Å². The van der Waals surface area contributed by atoms with Crippen LogP contribution < -0.4 is 0 Å². The van der Waals surface area contributed by atoms with Crippen LogP contribution in [0.15, 0.2) is 12.3 Å². The summed E-state index contributed by atoms with van der Waals surface area (Å²) in [5.74, 6) is -0.108. The second kappa shape index (κ2) is 4.23. The summed E-state index contributed by atoms with van der Waals surface area (Å²) in [6, 6.07) is 1.75. The molecule has 0 saturated carbocycles. The number of pyridine rings is 1. The molecule has 5 heteroatoms. The first-order valence-electron chi connectivity index (χ1n) is 4.80. The number of carbonyl (C=O) groups is 1. The molecule has 2 heterocycles. The third-order valence-electron chi connectivity index (χ3n) is 2.38. The van der Waals surface area contributed by atoms with Crippen LogP contribution in [0.1, 0.15) is 15.9 Å². The molecular formula is C11H11ClN2O2. The number of carbonyl (C=O) groups excluding carboxylic acids is 1. The summed E-state index contributed by atoms with van der Waals surface area (Å²) >= 11 is 5.87. The maximum Gasteiger partial charge on any atom is 0.192 e. The van der Waals surface area contributed by atoms with Gasteiger partial charge in [-0.25, -0.2) is 4.98 Å². The fourth-order valence-electron chi connectivity index (χ4n) is 1.64. The molecule has 16 heavy (non-hydrogen) atoms. The van der Waals surface area contributed by atoms with E-state index in [9.17, 15) is 4.79 Å². The Kier molecular flexibility index (Phi) is 2.94. The Bertz CT molecular complexity index is 548. The molecular weight excluding hydrogens is 228 g/mol. The summed E-state index contributed by atoms with van der Waals surface area (Å²) in [6.45, 7) is 1.96. The number of ketones is 1. The molecule has 0 fully saturated rings. The summed E-state index contributed by atoms with van der Waals surface area (Å²) in [5.41, 5.74) is 2.92. The molecule has 4 nitrogen and oxygen atoms in total. The molecule has 84 valence electrons. The number of fused-ring (bicyclic) bond motifs is 1. The van der Waals surface area contributed by atoms with Gasteiger partial charge in [0.2, 0.25) is 0 Å². The highest BCUT2D eigenvalue weighted by atomic mass is 35.5. The molecule has 0 radical (unpaired) electrons. The van der Waals surface area contributed by atoms with Crippen molar-refractivity contribution in [2.45, 2.75) is 6.92 Å². The molecule has 0 saturated heterocycles. The van der Waals surface area contributed by atoms with Gasteiger partial charge in [-0.05, 0) is 18.6 Å². The third kappa shape index (κ3) is 1.81. The number of hydrogen-bond acceptors (Lipinski definition) is 3. The second-order valence-corrected chi connectivity index (χ2v) is 3.93. The van der Waals surface area contributed by atoms with Gasteiger partial charge >= 0.3 is 0 Å². The molecule has 0 atom stereocenters. The molecule has 2 aromatic rings. The van der Waals surface area contributed by atoms with Crippen molar-refractivity contribution in [3.05, 3.63) is 28.5 Å². The lowest BCUT2D eigenvalue weighted by atomic mass is 10.1. The molecule has 0 aliphatic heterocycles. The standard InChI is InChI=1S/C11H11ClN2O2/c1-6-3-9(12)14-11-7(4-13-10(6)11)8(15)5-16-2/h3-4,13H,5H2,1-2H3. The zero-order chi connectivity index (χ0) is 11.7.